The topological polar surface area (TPSA) is 32.3 Å². The molecular weight excluding hydrogens is 248 g/mol. The molecule has 2 rings (SSSR count). The maximum absolute atomic E-state index is 13.4. The van der Waals surface area contributed by atoms with Crippen LogP contribution >= 0.6 is 0 Å². The molecule has 0 aliphatic heterocycles. The largest absolute Gasteiger partial charge is 0.387 e. The van der Waals surface area contributed by atoms with E-state index in [9.17, 15) is 13.9 Å². The Hall–Kier alpha value is -1.00. The average molecular weight is 269 g/mol. The van der Waals surface area contributed by atoms with Crippen molar-refractivity contribution in [1.29, 1.82) is 0 Å². The summed E-state index contributed by atoms with van der Waals surface area (Å²) in [6.45, 7) is 1.14. The second-order valence-electron chi connectivity index (χ2n) is 5.32. The Balaban J connectivity index is 1.72. The molecule has 2 N–H and O–H groups in total. The SMILES string of the molecule is OC(CNCCC1CCCC1)c1ccc(F)cc1F. The lowest BCUT2D eigenvalue weighted by molar-refractivity contribution is 0.169. The molecule has 1 fully saturated rings. The third kappa shape index (κ3) is 4.25. The van der Waals surface area contributed by atoms with Crippen molar-refractivity contribution >= 4 is 0 Å². The van der Waals surface area contributed by atoms with Gasteiger partial charge in [0.05, 0.1) is 6.10 Å². The van der Waals surface area contributed by atoms with E-state index < -0.39 is 17.7 Å². The fraction of sp³-hybridized carbons (Fsp3) is 0.600. The molecule has 0 aromatic heterocycles. The van der Waals surface area contributed by atoms with Gasteiger partial charge in [-0.05, 0) is 24.9 Å². The highest BCUT2D eigenvalue weighted by atomic mass is 19.1. The molecule has 1 aliphatic carbocycles. The van der Waals surface area contributed by atoms with Gasteiger partial charge in [-0.3, -0.25) is 0 Å². The van der Waals surface area contributed by atoms with Gasteiger partial charge in [0, 0.05) is 18.2 Å². The first kappa shape index (κ1) is 14.4. The number of halogens is 2. The Bertz CT molecular complexity index is 405. The summed E-state index contributed by atoms with van der Waals surface area (Å²) in [7, 11) is 0. The number of aliphatic hydroxyl groups is 1. The number of aliphatic hydroxyl groups excluding tert-OH is 1. The molecule has 0 amide bonds. The van der Waals surface area contributed by atoms with Gasteiger partial charge in [0.15, 0.2) is 0 Å². The number of hydrogen-bond donors (Lipinski definition) is 2. The van der Waals surface area contributed by atoms with Crippen LogP contribution in [0.1, 0.15) is 43.8 Å². The second-order valence-corrected chi connectivity index (χ2v) is 5.32. The van der Waals surface area contributed by atoms with Crippen molar-refractivity contribution in [1.82, 2.24) is 5.32 Å². The lowest BCUT2D eigenvalue weighted by Crippen LogP contribution is -2.24. The number of hydrogen-bond acceptors (Lipinski definition) is 2. The summed E-state index contributed by atoms with van der Waals surface area (Å²) in [5.41, 5.74) is 0.148. The van der Waals surface area contributed by atoms with Crippen molar-refractivity contribution in [2.75, 3.05) is 13.1 Å². The van der Waals surface area contributed by atoms with Crippen LogP contribution in [0.3, 0.4) is 0 Å². The quantitative estimate of drug-likeness (QED) is 0.777. The van der Waals surface area contributed by atoms with E-state index in [4.69, 9.17) is 0 Å². The van der Waals surface area contributed by atoms with Crippen LogP contribution in [0.2, 0.25) is 0 Å². The van der Waals surface area contributed by atoms with E-state index in [-0.39, 0.29) is 5.56 Å². The molecule has 1 aliphatic rings. The molecule has 1 aromatic carbocycles. The molecule has 1 saturated carbocycles. The minimum Gasteiger partial charge on any atom is -0.387 e. The summed E-state index contributed by atoms with van der Waals surface area (Å²) in [5.74, 6) is -0.514. The lowest BCUT2D eigenvalue weighted by atomic mass is 10.0. The Morgan fingerprint density at radius 2 is 2.00 bits per heavy atom. The van der Waals surface area contributed by atoms with Crippen LogP contribution < -0.4 is 5.32 Å². The monoisotopic (exact) mass is 269 g/mol. The van der Waals surface area contributed by atoms with Gasteiger partial charge in [0.2, 0.25) is 0 Å². The van der Waals surface area contributed by atoms with Crippen molar-refractivity contribution < 1.29 is 13.9 Å². The average Bonchev–Trinajstić information content (AvgIpc) is 2.87. The molecule has 106 valence electrons. The van der Waals surface area contributed by atoms with Gasteiger partial charge in [0.1, 0.15) is 11.6 Å². The smallest absolute Gasteiger partial charge is 0.131 e. The number of benzene rings is 1. The van der Waals surface area contributed by atoms with Gasteiger partial charge < -0.3 is 10.4 Å². The van der Waals surface area contributed by atoms with Crippen molar-refractivity contribution in [3.8, 4) is 0 Å². The summed E-state index contributed by atoms with van der Waals surface area (Å²) in [6.07, 6.45) is 5.44. The predicted octanol–water partition coefficient (Wildman–Crippen LogP) is 3.17. The highest BCUT2D eigenvalue weighted by molar-refractivity contribution is 5.21. The van der Waals surface area contributed by atoms with Crippen LogP contribution in [0.15, 0.2) is 18.2 Å². The van der Waals surface area contributed by atoms with Crippen molar-refractivity contribution in [3.63, 3.8) is 0 Å². The van der Waals surface area contributed by atoms with Crippen molar-refractivity contribution in [2.45, 2.75) is 38.2 Å². The van der Waals surface area contributed by atoms with Crippen LogP contribution in [-0.2, 0) is 0 Å². The van der Waals surface area contributed by atoms with Crippen LogP contribution in [0.25, 0.3) is 0 Å². The van der Waals surface area contributed by atoms with Crippen LogP contribution in [0.4, 0.5) is 8.78 Å². The van der Waals surface area contributed by atoms with E-state index in [1.807, 2.05) is 0 Å². The van der Waals surface area contributed by atoms with E-state index in [1.165, 1.54) is 37.8 Å². The standard InChI is InChI=1S/C15H21F2NO/c16-12-5-6-13(14(17)9-12)15(19)10-18-8-7-11-3-1-2-4-11/h5-6,9,11,15,18-19H,1-4,7-8,10H2. The minimum absolute atomic E-state index is 0.148. The summed E-state index contributed by atoms with van der Waals surface area (Å²) >= 11 is 0. The molecule has 0 heterocycles. The second kappa shape index (κ2) is 6.96. The van der Waals surface area contributed by atoms with E-state index in [1.54, 1.807) is 0 Å². The molecule has 1 aromatic rings. The minimum atomic E-state index is -0.927. The molecule has 19 heavy (non-hydrogen) atoms. The van der Waals surface area contributed by atoms with Gasteiger partial charge in [-0.2, -0.15) is 0 Å². The Morgan fingerprint density at radius 3 is 2.68 bits per heavy atom. The summed E-state index contributed by atoms with van der Waals surface area (Å²) in [4.78, 5) is 0. The summed E-state index contributed by atoms with van der Waals surface area (Å²) in [6, 6.07) is 3.27. The zero-order valence-electron chi connectivity index (χ0n) is 11.0. The van der Waals surface area contributed by atoms with Gasteiger partial charge in [0.25, 0.3) is 0 Å². The molecule has 0 spiro atoms. The first-order chi connectivity index (χ1) is 9.16. The third-order valence-corrected chi connectivity index (χ3v) is 3.86. The molecule has 2 nitrogen and oxygen atoms in total. The van der Waals surface area contributed by atoms with E-state index >= 15 is 0 Å². The summed E-state index contributed by atoms with van der Waals surface area (Å²) < 4.78 is 26.2. The molecule has 1 atom stereocenters. The molecule has 0 radical (unpaired) electrons. The molecule has 0 saturated heterocycles. The van der Waals surface area contributed by atoms with Gasteiger partial charge in [-0.25, -0.2) is 8.78 Å². The van der Waals surface area contributed by atoms with Gasteiger partial charge >= 0.3 is 0 Å². The van der Waals surface area contributed by atoms with E-state index in [0.29, 0.717) is 6.54 Å². The first-order valence-corrected chi connectivity index (χ1v) is 7.00. The van der Waals surface area contributed by atoms with E-state index in [2.05, 4.69) is 5.32 Å². The van der Waals surface area contributed by atoms with Crippen LogP contribution in [0.5, 0.6) is 0 Å². The van der Waals surface area contributed by atoms with E-state index in [0.717, 1.165) is 24.9 Å². The normalized spacial score (nSPS) is 17.8. The molecule has 0 bridgehead atoms. The Kier molecular flexibility index (Phi) is 5.28. The van der Waals surface area contributed by atoms with Crippen molar-refractivity contribution in [2.24, 2.45) is 5.92 Å². The third-order valence-electron chi connectivity index (χ3n) is 3.86. The predicted molar refractivity (Wildman–Crippen MR) is 70.8 cm³/mol. The number of rotatable bonds is 6. The van der Waals surface area contributed by atoms with Gasteiger partial charge in [-0.15, -0.1) is 0 Å². The van der Waals surface area contributed by atoms with Crippen LogP contribution in [-0.4, -0.2) is 18.2 Å². The maximum Gasteiger partial charge on any atom is 0.131 e. The zero-order valence-corrected chi connectivity index (χ0v) is 11.0. The highest BCUT2D eigenvalue weighted by Crippen LogP contribution is 2.27. The fourth-order valence-electron chi connectivity index (χ4n) is 2.73. The molecule has 4 heteroatoms. The maximum atomic E-state index is 13.4. The highest BCUT2D eigenvalue weighted by Gasteiger charge is 2.15. The fourth-order valence-corrected chi connectivity index (χ4v) is 2.73. The van der Waals surface area contributed by atoms with Crippen molar-refractivity contribution in [3.05, 3.63) is 35.4 Å². The van der Waals surface area contributed by atoms with Crippen LogP contribution in [0, 0.1) is 17.6 Å². The Labute approximate surface area is 112 Å². The first-order valence-electron chi connectivity index (χ1n) is 7.00. The van der Waals surface area contributed by atoms with Gasteiger partial charge in [-0.1, -0.05) is 31.7 Å². The zero-order chi connectivity index (χ0) is 13.7. The molecular formula is C15H21F2NO. The molecule has 1 unspecified atom stereocenters. The lowest BCUT2D eigenvalue weighted by Gasteiger charge is -2.14. The number of nitrogens with one attached hydrogen (secondary N) is 1. The summed E-state index contributed by atoms with van der Waals surface area (Å²) in [5, 5.41) is 13.0. The Morgan fingerprint density at radius 1 is 1.26 bits per heavy atom.